The number of aromatic amines is 1. The molecule has 1 unspecified atom stereocenters. The van der Waals surface area contributed by atoms with Crippen LogP contribution in [0.1, 0.15) is 49.2 Å². The lowest BCUT2D eigenvalue weighted by Crippen LogP contribution is -2.49. The van der Waals surface area contributed by atoms with Gasteiger partial charge in [-0.15, -0.1) is 0 Å². The Bertz CT molecular complexity index is 1580. The second-order valence-corrected chi connectivity index (χ2v) is 10.5. The Labute approximate surface area is 249 Å². The number of hydrogen-bond donors (Lipinski definition) is 4. The van der Waals surface area contributed by atoms with Crippen LogP contribution in [0.15, 0.2) is 42.5 Å². The van der Waals surface area contributed by atoms with Crippen LogP contribution in [-0.2, 0) is 9.53 Å². The van der Waals surface area contributed by atoms with E-state index in [1.807, 2.05) is 12.2 Å². The van der Waals surface area contributed by atoms with Crippen molar-refractivity contribution in [2.75, 3.05) is 24.3 Å². The van der Waals surface area contributed by atoms with Crippen LogP contribution in [0.2, 0.25) is 10.2 Å². The lowest BCUT2D eigenvalue weighted by atomic mass is 9.99. The van der Waals surface area contributed by atoms with Gasteiger partial charge in [-0.1, -0.05) is 35.4 Å². The third-order valence-corrected chi connectivity index (χ3v) is 7.63. The van der Waals surface area contributed by atoms with Crippen molar-refractivity contribution in [3.05, 3.63) is 75.7 Å². The summed E-state index contributed by atoms with van der Waals surface area (Å²) in [4.78, 5) is 47.1. The van der Waals surface area contributed by atoms with Gasteiger partial charge in [0.05, 0.1) is 29.9 Å². The molecule has 3 heterocycles. The van der Waals surface area contributed by atoms with Gasteiger partial charge in [0.25, 0.3) is 0 Å². The SMILES string of the molecule is COC(=O)Nc1ccc2c(c1)NC(=O)CC/C=C/CC(N1CC[C@H](c3c(F)ccc(Cl)c3F)NC1=O)c1nc-2c(Cl)[nH]1. The van der Waals surface area contributed by atoms with Crippen LogP contribution in [-0.4, -0.2) is 46.6 Å². The molecule has 4 N–H and O–H groups in total. The molecule has 0 aliphatic carbocycles. The third-order valence-electron chi connectivity index (χ3n) is 7.06. The fourth-order valence-corrected chi connectivity index (χ4v) is 5.42. The van der Waals surface area contributed by atoms with Crippen LogP contribution >= 0.6 is 23.2 Å². The van der Waals surface area contributed by atoms with Crippen LogP contribution in [0.25, 0.3) is 11.3 Å². The zero-order valence-corrected chi connectivity index (χ0v) is 23.8. The highest BCUT2D eigenvalue weighted by atomic mass is 35.5. The summed E-state index contributed by atoms with van der Waals surface area (Å²) in [6.07, 6.45) is 4.13. The van der Waals surface area contributed by atoms with E-state index in [9.17, 15) is 23.2 Å². The highest BCUT2D eigenvalue weighted by Crippen LogP contribution is 2.38. The van der Waals surface area contributed by atoms with Crippen LogP contribution in [0.3, 0.4) is 0 Å². The molecular formula is C28H26Cl2F2N6O4. The molecule has 0 radical (unpaired) electrons. The molecular weight excluding hydrogens is 593 g/mol. The number of H-pyrrole nitrogens is 1. The number of nitrogens with zero attached hydrogens (tertiary/aromatic N) is 2. The number of carbonyl (C=O) groups excluding carboxylic acids is 3. The van der Waals surface area contributed by atoms with Crippen LogP contribution in [0.4, 0.5) is 29.7 Å². The number of methoxy groups -OCH3 is 1. The predicted molar refractivity (Wildman–Crippen MR) is 153 cm³/mol. The number of imidazole rings is 1. The van der Waals surface area contributed by atoms with Gasteiger partial charge < -0.3 is 25.3 Å². The number of amides is 4. The Hall–Kier alpha value is -4.16. The van der Waals surface area contributed by atoms with Crippen molar-refractivity contribution in [1.82, 2.24) is 20.2 Å². The largest absolute Gasteiger partial charge is 0.453 e. The van der Waals surface area contributed by atoms with E-state index in [0.717, 1.165) is 12.1 Å². The number of ether oxygens (including phenoxy) is 1. The summed E-state index contributed by atoms with van der Waals surface area (Å²) in [6.45, 7) is 0.160. The molecule has 3 aromatic rings. The van der Waals surface area contributed by atoms with Gasteiger partial charge in [0.1, 0.15) is 28.3 Å². The van der Waals surface area contributed by atoms with E-state index in [4.69, 9.17) is 28.2 Å². The summed E-state index contributed by atoms with van der Waals surface area (Å²) in [6, 6.07) is 4.94. The monoisotopic (exact) mass is 618 g/mol. The van der Waals surface area contributed by atoms with E-state index in [0.29, 0.717) is 41.3 Å². The van der Waals surface area contributed by atoms with Crippen molar-refractivity contribution in [2.24, 2.45) is 0 Å². The molecule has 220 valence electrons. The average Bonchev–Trinajstić information content (AvgIpc) is 3.34. The van der Waals surface area contributed by atoms with Crippen molar-refractivity contribution in [3.63, 3.8) is 0 Å². The Morgan fingerprint density at radius 3 is 2.74 bits per heavy atom. The maximum absolute atomic E-state index is 14.7. The van der Waals surface area contributed by atoms with Crippen molar-refractivity contribution in [3.8, 4) is 11.3 Å². The molecule has 1 saturated heterocycles. The quantitative estimate of drug-likeness (QED) is 0.191. The molecule has 5 rings (SSSR count). The number of rotatable bonds is 3. The second-order valence-electron chi connectivity index (χ2n) is 9.71. The zero-order valence-electron chi connectivity index (χ0n) is 22.3. The van der Waals surface area contributed by atoms with E-state index < -0.39 is 35.8 Å². The van der Waals surface area contributed by atoms with Crippen LogP contribution in [0.5, 0.6) is 0 Å². The third kappa shape index (κ3) is 6.04. The molecule has 14 heteroatoms. The first-order chi connectivity index (χ1) is 20.2. The summed E-state index contributed by atoms with van der Waals surface area (Å²) in [5.74, 6) is -1.59. The van der Waals surface area contributed by atoms with E-state index in [1.165, 1.54) is 12.0 Å². The molecule has 2 atom stereocenters. The minimum absolute atomic E-state index is 0.160. The summed E-state index contributed by atoms with van der Waals surface area (Å²) < 4.78 is 33.9. The first-order valence-electron chi connectivity index (χ1n) is 13.1. The summed E-state index contributed by atoms with van der Waals surface area (Å²) >= 11 is 12.5. The van der Waals surface area contributed by atoms with E-state index in [2.05, 4.69) is 25.7 Å². The minimum atomic E-state index is -0.912. The molecule has 2 aliphatic rings. The van der Waals surface area contributed by atoms with Crippen molar-refractivity contribution < 1.29 is 27.9 Å². The number of halogens is 4. The molecule has 1 fully saturated rings. The standard InChI is InChI=1S/C28H26Cl2F2N6O4/c1-42-28(41)33-14-7-8-15-19(13-14)34-21(39)6-4-2-3-5-20(26-36-24(15)25(30)37-26)38-12-11-18(35-27(38)40)22-17(31)10-9-16(29)23(22)32/h2-3,7-10,13,18,20H,4-6,11-12H2,1H3,(H,33,41)(H,34,39)(H,35,40)(H,36,37)/b3-2+/t18-,20?/m1/s1. The van der Waals surface area contributed by atoms with E-state index in [-0.39, 0.29) is 41.0 Å². The van der Waals surface area contributed by atoms with E-state index in [1.54, 1.807) is 18.2 Å². The normalized spacial score (nSPS) is 19.8. The van der Waals surface area contributed by atoms with Crippen molar-refractivity contribution >= 4 is 52.6 Å². The summed E-state index contributed by atoms with van der Waals surface area (Å²) in [7, 11) is 1.24. The van der Waals surface area contributed by atoms with E-state index >= 15 is 0 Å². The van der Waals surface area contributed by atoms with Gasteiger partial charge in [0, 0.05) is 29.8 Å². The van der Waals surface area contributed by atoms with Gasteiger partial charge in [0.15, 0.2) is 0 Å². The van der Waals surface area contributed by atoms with Gasteiger partial charge in [-0.05, 0) is 49.6 Å². The maximum Gasteiger partial charge on any atom is 0.411 e. The molecule has 0 spiro atoms. The average molecular weight is 619 g/mol. The van der Waals surface area contributed by atoms with Gasteiger partial charge >= 0.3 is 12.1 Å². The number of hydrogen-bond acceptors (Lipinski definition) is 5. The van der Waals surface area contributed by atoms with Crippen LogP contribution in [0, 0.1) is 11.6 Å². The molecule has 4 amide bonds. The number of fused-ring (bicyclic) bond motifs is 4. The molecule has 2 bridgehead atoms. The topological polar surface area (TPSA) is 128 Å². The summed E-state index contributed by atoms with van der Waals surface area (Å²) in [5.41, 5.74) is 1.24. The number of allylic oxidation sites excluding steroid dienone is 1. The maximum atomic E-state index is 14.7. The molecule has 42 heavy (non-hydrogen) atoms. The molecule has 1 aromatic heterocycles. The highest BCUT2D eigenvalue weighted by Gasteiger charge is 2.36. The second kappa shape index (κ2) is 12.4. The number of aromatic nitrogens is 2. The Morgan fingerprint density at radius 2 is 1.98 bits per heavy atom. The fourth-order valence-electron chi connectivity index (χ4n) is 5.01. The zero-order chi connectivity index (χ0) is 30.0. The summed E-state index contributed by atoms with van der Waals surface area (Å²) in [5, 5.41) is 8.04. The first kappa shape index (κ1) is 29.3. The van der Waals surface area contributed by atoms with Crippen molar-refractivity contribution in [2.45, 2.75) is 37.8 Å². The number of anilines is 2. The highest BCUT2D eigenvalue weighted by molar-refractivity contribution is 6.32. The van der Waals surface area contributed by atoms with Gasteiger partial charge in [-0.25, -0.2) is 23.4 Å². The molecule has 2 aliphatic heterocycles. The minimum Gasteiger partial charge on any atom is -0.453 e. The first-order valence-corrected chi connectivity index (χ1v) is 13.8. The lowest BCUT2D eigenvalue weighted by Gasteiger charge is -2.37. The van der Waals surface area contributed by atoms with Gasteiger partial charge in [-0.2, -0.15) is 0 Å². The predicted octanol–water partition coefficient (Wildman–Crippen LogP) is 6.72. The number of carbonyl (C=O) groups is 3. The number of urea groups is 1. The molecule has 2 aromatic carbocycles. The Kier molecular flexibility index (Phi) is 8.64. The molecule has 10 nitrogen and oxygen atoms in total. The fraction of sp³-hybridized carbons (Fsp3) is 0.286. The Morgan fingerprint density at radius 1 is 1.17 bits per heavy atom. The molecule has 0 saturated carbocycles. The van der Waals surface area contributed by atoms with Gasteiger partial charge in [0.2, 0.25) is 5.91 Å². The number of nitrogens with one attached hydrogen (secondary N) is 4. The number of benzene rings is 2. The Balaban J connectivity index is 1.48. The lowest BCUT2D eigenvalue weighted by molar-refractivity contribution is -0.116. The van der Waals surface area contributed by atoms with Crippen LogP contribution < -0.4 is 16.0 Å². The smallest absolute Gasteiger partial charge is 0.411 e. The van der Waals surface area contributed by atoms with Gasteiger partial charge in [-0.3, -0.25) is 10.1 Å². The van der Waals surface area contributed by atoms with Crippen molar-refractivity contribution in [1.29, 1.82) is 0 Å².